The van der Waals surface area contributed by atoms with Crippen molar-refractivity contribution in [2.45, 2.75) is 115 Å². The minimum Gasteiger partial charge on any atom is -0.387 e. The van der Waals surface area contributed by atoms with Gasteiger partial charge in [-0.25, -0.2) is 0 Å². The first-order chi connectivity index (χ1) is 15.5. The predicted molar refractivity (Wildman–Crippen MR) is 124 cm³/mol. The molecule has 4 atom stereocenters. The van der Waals surface area contributed by atoms with E-state index >= 15 is 0 Å². The highest BCUT2D eigenvalue weighted by molar-refractivity contribution is 5.03. The lowest BCUT2D eigenvalue weighted by Gasteiger charge is -2.32. The molecule has 3 fully saturated rings. The normalized spacial score (nSPS) is 32.4. The van der Waals surface area contributed by atoms with Crippen LogP contribution in [0.3, 0.4) is 0 Å². The summed E-state index contributed by atoms with van der Waals surface area (Å²) in [7, 11) is 0. The molecule has 3 saturated heterocycles. The van der Waals surface area contributed by atoms with Crippen molar-refractivity contribution in [3.8, 4) is 0 Å². The number of hydrogen-bond acceptors (Lipinski definition) is 7. The van der Waals surface area contributed by atoms with Crippen LogP contribution >= 0.6 is 0 Å². The van der Waals surface area contributed by atoms with E-state index in [2.05, 4.69) is 11.8 Å². The van der Waals surface area contributed by atoms with E-state index in [-0.39, 0.29) is 12.7 Å². The van der Waals surface area contributed by atoms with Gasteiger partial charge in [-0.15, -0.1) is 0 Å². The molecule has 188 valence electrons. The fourth-order valence-corrected chi connectivity index (χ4v) is 5.07. The Bertz CT molecular complexity index is 527. The van der Waals surface area contributed by atoms with Crippen molar-refractivity contribution in [2.24, 2.45) is 0 Å². The minimum absolute atomic E-state index is 0.287. The molecule has 7 heteroatoms. The van der Waals surface area contributed by atoms with Crippen LogP contribution in [0.15, 0.2) is 0 Å². The Balaban J connectivity index is 1.35. The number of ether oxygens (including phenoxy) is 5. The summed E-state index contributed by atoms with van der Waals surface area (Å²) in [4.78, 5) is 2.27. The number of aliphatic hydroxyl groups excluding tert-OH is 1. The number of nitrogens with zero attached hydrogens (tertiary/aromatic N) is 1. The summed E-state index contributed by atoms with van der Waals surface area (Å²) in [5.41, 5.74) is 0. The Morgan fingerprint density at radius 3 is 2.19 bits per heavy atom. The molecule has 0 spiro atoms. The third-order valence-electron chi connectivity index (χ3n) is 6.79. The van der Waals surface area contributed by atoms with Gasteiger partial charge in [0.1, 0.15) is 24.9 Å². The van der Waals surface area contributed by atoms with Gasteiger partial charge in [-0.2, -0.15) is 0 Å². The molecule has 0 aliphatic carbocycles. The Kier molecular flexibility index (Phi) is 10.7. The maximum absolute atomic E-state index is 10.9. The molecule has 0 aromatic heterocycles. The number of fused-ring (bicyclic) bond motifs is 1. The fourth-order valence-electron chi connectivity index (χ4n) is 5.07. The molecule has 7 nitrogen and oxygen atoms in total. The van der Waals surface area contributed by atoms with Crippen LogP contribution in [0.25, 0.3) is 0 Å². The summed E-state index contributed by atoms with van der Waals surface area (Å²) in [6, 6.07) is 0. The van der Waals surface area contributed by atoms with Crippen LogP contribution in [0.2, 0.25) is 0 Å². The van der Waals surface area contributed by atoms with Crippen molar-refractivity contribution in [2.75, 3.05) is 46.1 Å². The van der Waals surface area contributed by atoms with Gasteiger partial charge in [-0.05, 0) is 20.3 Å². The molecule has 0 aromatic rings. The lowest BCUT2D eigenvalue weighted by atomic mass is 10.1. The zero-order valence-corrected chi connectivity index (χ0v) is 20.7. The SMILES string of the molecule is CCCCCCCCCCCCOC[C@]12O[C@H](CN3CCOCC3)[C@H](O)[C@H]1OC(C)(C)O2. The first kappa shape index (κ1) is 26.3. The average molecular weight is 458 g/mol. The maximum atomic E-state index is 10.9. The standard InChI is InChI=1S/C25H47NO6/c1-4-5-6-7-8-9-10-11-12-13-16-29-20-25-23(31-24(2,3)32-25)22(27)21(30-25)19-26-14-17-28-18-15-26/h21-23,27H,4-20H2,1-3H3/t21-,22+,23-,25-/m1/s1. The summed E-state index contributed by atoms with van der Waals surface area (Å²) in [5.74, 6) is -1.82. The smallest absolute Gasteiger partial charge is 0.224 e. The number of rotatable bonds is 15. The highest BCUT2D eigenvalue weighted by Crippen LogP contribution is 2.45. The van der Waals surface area contributed by atoms with E-state index in [1.165, 1.54) is 57.8 Å². The van der Waals surface area contributed by atoms with Gasteiger partial charge in [0.2, 0.25) is 5.79 Å². The van der Waals surface area contributed by atoms with Crippen LogP contribution in [0.1, 0.15) is 85.0 Å². The maximum Gasteiger partial charge on any atom is 0.224 e. The molecule has 32 heavy (non-hydrogen) atoms. The average Bonchev–Trinajstić information content (AvgIpc) is 3.17. The number of hydrogen-bond donors (Lipinski definition) is 1. The zero-order valence-electron chi connectivity index (χ0n) is 20.7. The van der Waals surface area contributed by atoms with E-state index in [0.717, 1.165) is 32.7 Å². The van der Waals surface area contributed by atoms with E-state index in [4.69, 9.17) is 23.7 Å². The van der Waals surface area contributed by atoms with Gasteiger partial charge in [0.05, 0.1) is 13.2 Å². The predicted octanol–water partition coefficient (Wildman–Crippen LogP) is 3.86. The van der Waals surface area contributed by atoms with Crippen molar-refractivity contribution >= 4 is 0 Å². The summed E-state index contributed by atoms with van der Waals surface area (Å²) in [6.07, 6.45) is 11.4. The first-order valence-electron chi connectivity index (χ1n) is 13.1. The Hall–Kier alpha value is -0.280. The Morgan fingerprint density at radius 2 is 1.53 bits per heavy atom. The van der Waals surface area contributed by atoms with Gasteiger partial charge in [-0.3, -0.25) is 4.90 Å². The molecule has 0 radical (unpaired) electrons. The van der Waals surface area contributed by atoms with Crippen molar-refractivity contribution in [3.05, 3.63) is 0 Å². The molecule has 3 aliphatic heterocycles. The highest BCUT2D eigenvalue weighted by Gasteiger charge is 2.64. The van der Waals surface area contributed by atoms with Crippen molar-refractivity contribution in [1.82, 2.24) is 4.90 Å². The van der Waals surface area contributed by atoms with Gasteiger partial charge in [-0.1, -0.05) is 64.7 Å². The summed E-state index contributed by atoms with van der Waals surface area (Å²) in [6.45, 7) is 10.8. The molecule has 0 aromatic carbocycles. The first-order valence-corrected chi connectivity index (χ1v) is 13.1. The van der Waals surface area contributed by atoms with Crippen LogP contribution in [-0.4, -0.2) is 86.0 Å². The van der Waals surface area contributed by atoms with E-state index in [0.29, 0.717) is 13.2 Å². The second kappa shape index (κ2) is 13.0. The van der Waals surface area contributed by atoms with Crippen LogP contribution < -0.4 is 0 Å². The molecular weight excluding hydrogens is 410 g/mol. The number of unbranched alkanes of at least 4 members (excludes halogenated alkanes) is 9. The van der Waals surface area contributed by atoms with Crippen molar-refractivity contribution in [1.29, 1.82) is 0 Å². The van der Waals surface area contributed by atoms with Gasteiger partial charge < -0.3 is 28.8 Å². The zero-order chi connectivity index (χ0) is 22.9. The van der Waals surface area contributed by atoms with Crippen LogP contribution in [-0.2, 0) is 23.7 Å². The third-order valence-corrected chi connectivity index (χ3v) is 6.79. The monoisotopic (exact) mass is 457 g/mol. The van der Waals surface area contributed by atoms with Crippen LogP contribution in [0.5, 0.6) is 0 Å². The van der Waals surface area contributed by atoms with E-state index in [1.807, 2.05) is 13.8 Å². The lowest BCUT2D eigenvalue weighted by Crippen LogP contribution is -2.45. The number of morpholine rings is 1. The molecule has 1 N–H and O–H groups in total. The van der Waals surface area contributed by atoms with Crippen molar-refractivity contribution < 1.29 is 28.8 Å². The molecule has 0 amide bonds. The van der Waals surface area contributed by atoms with Crippen molar-refractivity contribution in [3.63, 3.8) is 0 Å². The molecular formula is C25H47NO6. The second-order valence-electron chi connectivity index (χ2n) is 10.1. The van der Waals surface area contributed by atoms with Gasteiger partial charge in [0, 0.05) is 26.2 Å². The summed E-state index contributed by atoms with van der Waals surface area (Å²) < 4.78 is 30.0. The quantitative estimate of drug-likeness (QED) is 0.374. The molecule has 0 saturated carbocycles. The molecule has 0 unspecified atom stereocenters. The second-order valence-corrected chi connectivity index (χ2v) is 10.1. The van der Waals surface area contributed by atoms with Gasteiger partial charge in [0.25, 0.3) is 0 Å². The third kappa shape index (κ3) is 7.62. The summed E-state index contributed by atoms with van der Waals surface area (Å²) >= 11 is 0. The highest BCUT2D eigenvalue weighted by atomic mass is 16.9. The minimum atomic E-state index is -1.03. The van der Waals surface area contributed by atoms with E-state index < -0.39 is 23.8 Å². The fraction of sp³-hybridized carbons (Fsp3) is 1.00. The van der Waals surface area contributed by atoms with Crippen LogP contribution in [0, 0.1) is 0 Å². The molecule has 3 heterocycles. The topological polar surface area (TPSA) is 69.6 Å². The largest absolute Gasteiger partial charge is 0.387 e. The van der Waals surface area contributed by atoms with E-state index in [9.17, 15) is 5.11 Å². The molecule has 0 bridgehead atoms. The van der Waals surface area contributed by atoms with Gasteiger partial charge >= 0.3 is 0 Å². The summed E-state index contributed by atoms with van der Waals surface area (Å²) in [5, 5.41) is 10.9. The Morgan fingerprint density at radius 1 is 0.906 bits per heavy atom. The lowest BCUT2D eigenvalue weighted by molar-refractivity contribution is -0.279. The number of aliphatic hydroxyl groups is 1. The molecule has 3 aliphatic rings. The van der Waals surface area contributed by atoms with Crippen LogP contribution in [0.4, 0.5) is 0 Å². The van der Waals surface area contributed by atoms with Gasteiger partial charge in [0.15, 0.2) is 5.79 Å². The Labute approximate surface area is 195 Å². The van der Waals surface area contributed by atoms with E-state index in [1.54, 1.807) is 0 Å². The molecule has 3 rings (SSSR count).